The van der Waals surface area contributed by atoms with Crippen molar-refractivity contribution in [3.63, 3.8) is 0 Å². The lowest BCUT2D eigenvalue weighted by Crippen LogP contribution is -2.23. The van der Waals surface area contributed by atoms with Crippen molar-refractivity contribution in [2.45, 2.75) is 71.5 Å². The van der Waals surface area contributed by atoms with Crippen LogP contribution in [0.1, 0.15) is 54.3 Å². The van der Waals surface area contributed by atoms with Crippen molar-refractivity contribution in [1.29, 1.82) is 0 Å². The molecule has 0 unspecified atom stereocenters. The van der Waals surface area contributed by atoms with Gasteiger partial charge < -0.3 is 14.6 Å². The van der Waals surface area contributed by atoms with Gasteiger partial charge in [-0.25, -0.2) is 4.98 Å². The monoisotopic (exact) mass is 459 g/mol. The summed E-state index contributed by atoms with van der Waals surface area (Å²) in [6, 6.07) is 6.27. The first-order chi connectivity index (χ1) is 14.7. The molecule has 166 valence electrons. The molecule has 1 aromatic carbocycles. The first-order valence-electron chi connectivity index (χ1n) is 10.2. The molecular weight excluding hydrogens is 430 g/mol. The molecule has 0 fully saturated rings. The molecule has 0 spiro atoms. The summed E-state index contributed by atoms with van der Waals surface area (Å²) in [4.78, 5) is 18.1. The van der Waals surface area contributed by atoms with Crippen LogP contribution >= 0.6 is 23.1 Å². The maximum atomic E-state index is 12.7. The van der Waals surface area contributed by atoms with Crippen molar-refractivity contribution < 1.29 is 9.53 Å². The highest BCUT2D eigenvalue weighted by Gasteiger charge is 2.22. The second kappa shape index (κ2) is 9.82. The van der Waals surface area contributed by atoms with E-state index in [1.807, 2.05) is 51.3 Å². The van der Waals surface area contributed by atoms with Crippen LogP contribution in [0.3, 0.4) is 0 Å². The highest BCUT2D eigenvalue weighted by Crippen LogP contribution is 2.28. The van der Waals surface area contributed by atoms with Gasteiger partial charge in [0.2, 0.25) is 5.91 Å². The number of anilines is 1. The second-order valence-corrected chi connectivity index (χ2v) is 10.3. The Morgan fingerprint density at radius 3 is 2.58 bits per heavy atom. The van der Waals surface area contributed by atoms with Crippen LogP contribution in [-0.4, -0.2) is 30.9 Å². The zero-order valence-corrected chi connectivity index (χ0v) is 20.6. The Hall–Kier alpha value is -2.39. The third kappa shape index (κ3) is 5.65. The van der Waals surface area contributed by atoms with Crippen molar-refractivity contribution in [3.05, 3.63) is 45.7 Å². The lowest BCUT2D eigenvalue weighted by Gasteiger charge is -2.16. The van der Waals surface area contributed by atoms with E-state index in [1.54, 1.807) is 0 Å². The minimum Gasteiger partial charge on any atom is -0.485 e. The van der Waals surface area contributed by atoms with Gasteiger partial charge in [0, 0.05) is 10.9 Å². The van der Waals surface area contributed by atoms with Crippen LogP contribution in [0, 0.1) is 27.7 Å². The first-order valence-corrected chi connectivity index (χ1v) is 11.9. The van der Waals surface area contributed by atoms with Crippen molar-refractivity contribution >= 4 is 34.1 Å². The molecule has 0 bridgehead atoms. The summed E-state index contributed by atoms with van der Waals surface area (Å²) in [6.45, 7) is 14.3. The van der Waals surface area contributed by atoms with Gasteiger partial charge in [0.05, 0.1) is 10.9 Å². The number of thioether (sulfide) groups is 1. The van der Waals surface area contributed by atoms with E-state index in [1.165, 1.54) is 23.1 Å². The Balaban J connectivity index is 1.70. The van der Waals surface area contributed by atoms with Crippen molar-refractivity contribution in [2.75, 3.05) is 5.32 Å². The average molecular weight is 460 g/mol. The predicted octanol–water partition coefficient (Wildman–Crippen LogP) is 5.25. The van der Waals surface area contributed by atoms with E-state index in [0.29, 0.717) is 16.9 Å². The van der Waals surface area contributed by atoms with Gasteiger partial charge in [0.15, 0.2) is 16.1 Å². The predicted molar refractivity (Wildman–Crippen MR) is 126 cm³/mol. The Kier molecular flexibility index (Phi) is 7.38. The summed E-state index contributed by atoms with van der Waals surface area (Å²) >= 11 is 2.87. The topological polar surface area (TPSA) is 81.9 Å². The number of ether oxygens (including phenoxy) is 1. The Morgan fingerprint density at radius 2 is 1.94 bits per heavy atom. The molecule has 7 nitrogen and oxygen atoms in total. The molecule has 0 aliphatic rings. The van der Waals surface area contributed by atoms with Crippen LogP contribution in [0.15, 0.2) is 23.4 Å². The van der Waals surface area contributed by atoms with Crippen LogP contribution in [0.5, 0.6) is 5.75 Å². The van der Waals surface area contributed by atoms with Crippen LogP contribution < -0.4 is 10.1 Å². The van der Waals surface area contributed by atoms with Gasteiger partial charge in [-0.1, -0.05) is 23.9 Å². The lowest BCUT2D eigenvalue weighted by atomic mass is 10.1. The largest absolute Gasteiger partial charge is 0.485 e. The van der Waals surface area contributed by atoms with Crippen LogP contribution in [-0.2, 0) is 11.4 Å². The van der Waals surface area contributed by atoms with Crippen LogP contribution in [0.4, 0.5) is 5.13 Å². The molecule has 3 aromatic rings. The van der Waals surface area contributed by atoms with Crippen molar-refractivity contribution in [2.24, 2.45) is 0 Å². The molecule has 0 radical (unpaired) electrons. The molecule has 0 saturated heterocycles. The highest BCUT2D eigenvalue weighted by atomic mass is 32.2. The van der Waals surface area contributed by atoms with Gasteiger partial charge in [0.25, 0.3) is 0 Å². The molecule has 0 aliphatic heterocycles. The number of aryl methyl sites for hydroxylation is 4. The zero-order valence-electron chi connectivity index (χ0n) is 19.0. The van der Waals surface area contributed by atoms with Gasteiger partial charge in [0.1, 0.15) is 12.4 Å². The van der Waals surface area contributed by atoms with Crippen LogP contribution in [0.2, 0.25) is 0 Å². The Morgan fingerprint density at radius 1 is 1.19 bits per heavy atom. The standard InChI is InChI=1S/C22H29N5O2S2/c1-12(2)27-19(11-29-18-10-13(3)8-9-14(18)4)25-26-22(27)31-17(7)20(28)24-21-23-15(5)16(6)30-21/h8-10,12,17H,11H2,1-7H3,(H,23,24,28)/t17-/m0/s1. The van der Waals surface area contributed by atoms with Gasteiger partial charge >= 0.3 is 0 Å². The number of nitrogens with one attached hydrogen (secondary N) is 1. The van der Waals surface area contributed by atoms with E-state index in [2.05, 4.69) is 40.4 Å². The smallest absolute Gasteiger partial charge is 0.239 e. The molecule has 1 amide bonds. The van der Waals surface area contributed by atoms with E-state index in [4.69, 9.17) is 4.74 Å². The number of amides is 1. The zero-order chi connectivity index (χ0) is 22.7. The van der Waals surface area contributed by atoms with E-state index in [-0.39, 0.29) is 17.2 Å². The average Bonchev–Trinajstić information content (AvgIpc) is 3.24. The number of hydrogen-bond acceptors (Lipinski definition) is 7. The normalized spacial score (nSPS) is 12.3. The molecule has 31 heavy (non-hydrogen) atoms. The molecule has 1 N–H and O–H groups in total. The van der Waals surface area contributed by atoms with E-state index in [9.17, 15) is 4.79 Å². The summed E-state index contributed by atoms with van der Waals surface area (Å²) in [5.74, 6) is 1.47. The number of hydrogen-bond donors (Lipinski definition) is 1. The number of benzene rings is 1. The quantitative estimate of drug-likeness (QED) is 0.464. The van der Waals surface area contributed by atoms with E-state index in [0.717, 1.165) is 33.3 Å². The molecular formula is C22H29N5O2S2. The number of nitrogens with zero attached hydrogens (tertiary/aromatic N) is 4. The molecule has 2 aromatic heterocycles. The van der Waals surface area contributed by atoms with Gasteiger partial charge in [-0.2, -0.15) is 0 Å². The fourth-order valence-corrected chi connectivity index (χ4v) is 4.77. The maximum absolute atomic E-state index is 12.7. The molecule has 2 heterocycles. The number of carbonyl (C=O) groups excluding carboxylic acids is 1. The summed E-state index contributed by atoms with van der Waals surface area (Å²) in [5, 5.41) is 12.6. The third-order valence-electron chi connectivity index (χ3n) is 4.86. The highest BCUT2D eigenvalue weighted by molar-refractivity contribution is 8.00. The Bertz CT molecular complexity index is 1050. The number of aromatic nitrogens is 4. The summed E-state index contributed by atoms with van der Waals surface area (Å²) in [7, 11) is 0. The third-order valence-corrected chi connectivity index (χ3v) is 6.91. The lowest BCUT2D eigenvalue weighted by molar-refractivity contribution is -0.115. The molecule has 0 aliphatic carbocycles. The first kappa shape index (κ1) is 23.3. The van der Waals surface area contributed by atoms with E-state index < -0.39 is 0 Å². The minimum atomic E-state index is -0.348. The van der Waals surface area contributed by atoms with Crippen molar-refractivity contribution in [3.8, 4) is 5.75 Å². The second-order valence-electron chi connectivity index (χ2n) is 7.83. The fraction of sp³-hybridized carbons (Fsp3) is 0.455. The van der Waals surface area contributed by atoms with Crippen LogP contribution in [0.25, 0.3) is 0 Å². The Labute approximate surface area is 191 Å². The molecule has 9 heteroatoms. The number of thiazole rings is 1. The van der Waals surface area contributed by atoms with Crippen molar-refractivity contribution in [1.82, 2.24) is 19.7 Å². The number of carbonyl (C=O) groups is 1. The maximum Gasteiger partial charge on any atom is 0.239 e. The minimum absolute atomic E-state index is 0.106. The SMILES string of the molecule is Cc1ccc(C)c(OCc2nnc(S[C@@H](C)C(=O)Nc3nc(C)c(C)s3)n2C(C)C)c1. The molecule has 3 rings (SSSR count). The molecule has 0 saturated carbocycles. The summed E-state index contributed by atoms with van der Waals surface area (Å²) < 4.78 is 8.06. The summed E-state index contributed by atoms with van der Waals surface area (Å²) in [6.07, 6.45) is 0. The van der Waals surface area contributed by atoms with Gasteiger partial charge in [-0.05, 0) is 65.7 Å². The fourth-order valence-electron chi connectivity index (χ4n) is 2.95. The van der Waals surface area contributed by atoms with E-state index >= 15 is 0 Å². The summed E-state index contributed by atoms with van der Waals surface area (Å²) in [5.41, 5.74) is 3.16. The number of rotatable bonds is 8. The molecule has 1 atom stereocenters. The van der Waals surface area contributed by atoms with Gasteiger partial charge in [-0.15, -0.1) is 21.5 Å². The van der Waals surface area contributed by atoms with Gasteiger partial charge in [-0.3, -0.25) is 4.79 Å².